The first-order valence-corrected chi connectivity index (χ1v) is 9.94. The summed E-state index contributed by atoms with van der Waals surface area (Å²) in [5, 5.41) is 8.82. The topological polar surface area (TPSA) is 74.3 Å². The molecule has 0 unspecified atom stereocenters. The number of benzene rings is 2. The third-order valence-corrected chi connectivity index (χ3v) is 6.21. The van der Waals surface area contributed by atoms with Gasteiger partial charge in [0.05, 0.1) is 23.1 Å². The van der Waals surface area contributed by atoms with E-state index in [1.807, 2.05) is 36.4 Å². The minimum absolute atomic E-state index is 0.110. The van der Waals surface area contributed by atoms with E-state index in [-0.39, 0.29) is 11.4 Å². The fourth-order valence-electron chi connectivity index (χ4n) is 2.42. The minimum Gasteiger partial charge on any atom is -0.460 e. The molecule has 5 nitrogen and oxygen atoms in total. The summed E-state index contributed by atoms with van der Waals surface area (Å²) in [5.41, 5.74) is 1.33. The van der Waals surface area contributed by atoms with Gasteiger partial charge in [-0.25, -0.2) is 8.42 Å². The van der Waals surface area contributed by atoms with E-state index in [0.717, 1.165) is 10.0 Å². The summed E-state index contributed by atoms with van der Waals surface area (Å²) in [4.78, 5) is 0.138. The molecule has 0 aliphatic rings. The van der Waals surface area contributed by atoms with Crippen molar-refractivity contribution in [3.63, 3.8) is 0 Å². The van der Waals surface area contributed by atoms with Crippen LogP contribution in [0, 0.1) is 11.3 Å². The van der Waals surface area contributed by atoms with E-state index < -0.39 is 10.0 Å². The Balaban J connectivity index is 1.78. The predicted octanol–water partition coefficient (Wildman–Crippen LogP) is 4.40. The molecule has 0 fully saturated rings. The van der Waals surface area contributed by atoms with Crippen LogP contribution in [-0.2, 0) is 16.6 Å². The Bertz CT molecular complexity index is 1050. The average Bonchev–Trinajstić information content (AvgIpc) is 3.10. The van der Waals surface area contributed by atoms with Crippen LogP contribution < -0.4 is 0 Å². The highest BCUT2D eigenvalue weighted by Crippen LogP contribution is 2.25. The number of hydrogen-bond donors (Lipinski definition) is 0. The quantitative estimate of drug-likeness (QED) is 0.600. The van der Waals surface area contributed by atoms with Crippen LogP contribution in [0.5, 0.6) is 0 Å². The number of nitrogens with zero attached hydrogens (tertiary/aromatic N) is 2. The van der Waals surface area contributed by atoms with Crippen LogP contribution in [0.4, 0.5) is 0 Å². The molecular formula is C19H15BrN2O3S. The number of rotatable bonds is 5. The largest absolute Gasteiger partial charge is 0.460 e. The van der Waals surface area contributed by atoms with Crippen molar-refractivity contribution in [1.82, 2.24) is 4.31 Å². The van der Waals surface area contributed by atoms with Crippen LogP contribution in [0.15, 0.2) is 74.4 Å². The second-order valence-electron chi connectivity index (χ2n) is 5.67. The zero-order valence-electron chi connectivity index (χ0n) is 13.9. The highest BCUT2D eigenvalue weighted by atomic mass is 79.9. The average molecular weight is 431 g/mol. The van der Waals surface area contributed by atoms with Crippen LogP contribution in [-0.4, -0.2) is 19.8 Å². The highest BCUT2D eigenvalue weighted by Gasteiger charge is 2.22. The van der Waals surface area contributed by atoms with Gasteiger partial charge < -0.3 is 4.42 Å². The molecule has 1 aromatic heterocycles. The van der Waals surface area contributed by atoms with E-state index >= 15 is 0 Å². The Hall–Kier alpha value is -2.40. The van der Waals surface area contributed by atoms with Gasteiger partial charge in [0, 0.05) is 17.1 Å². The molecule has 0 atom stereocenters. The lowest BCUT2D eigenvalue weighted by Gasteiger charge is -2.16. The lowest BCUT2D eigenvalue weighted by molar-refractivity contribution is 0.410. The molecule has 3 aromatic rings. The van der Waals surface area contributed by atoms with Crippen molar-refractivity contribution in [2.75, 3.05) is 7.05 Å². The lowest BCUT2D eigenvalue weighted by atomic mass is 10.2. The van der Waals surface area contributed by atoms with Gasteiger partial charge >= 0.3 is 0 Å². The first kappa shape index (κ1) is 18.4. The van der Waals surface area contributed by atoms with E-state index in [9.17, 15) is 8.42 Å². The van der Waals surface area contributed by atoms with Crippen LogP contribution in [0.2, 0.25) is 0 Å². The maximum absolute atomic E-state index is 12.6. The zero-order valence-corrected chi connectivity index (χ0v) is 16.3. The van der Waals surface area contributed by atoms with Gasteiger partial charge in [-0.2, -0.15) is 9.57 Å². The van der Waals surface area contributed by atoms with Crippen molar-refractivity contribution >= 4 is 26.0 Å². The Morgan fingerprint density at radius 1 is 1.04 bits per heavy atom. The van der Waals surface area contributed by atoms with Crippen molar-refractivity contribution in [2.24, 2.45) is 0 Å². The monoisotopic (exact) mass is 430 g/mol. The van der Waals surface area contributed by atoms with Gasteiger partial charge in [0.2, 0.25) is 10.0 Å². The number of nitriles is 1. The molecule has 0 amide bonds. The molecule has 1 heterocycles. The van der Waals surface area contributed by atoms with Crippen molar-refractivity contribution in [3.05, 3.63) is 76.5 Å². The normalized spacial score (nSPS) is 11.5. The van der Waals surface area contributed by atoms with Gasteiger partial charge in [-0.05, 0) is 48.5 Å². The zero-order chi connectivity index (χ0) is 18.7. The number of furan rings is 1. The van der Waals surface area contributed by atoms with Crippen molar-refractivity contribution < 1.29 is 12.8 Å². The molecule has 7 heteroatoms. The Labute approximate surface area is 160 Å². The lowest BCUT2D eigenvalue weighted by Crippen LogP contribution is -2.26. The number of sulfonamides is 1. The Kier molecular flexibility index (Phi) is 5.28. The summed E-state index contributed by atoms with van der Waals surface area (Å²) in [7, 11) is -2.17. The Morgan fingerprint density at radius 2 is 1.69 bits per heavy atom. The first-order valence-electron chi connectivity index (χ1n) is 7.71. The fraction of sp³-hybridized carbons (Fsp3) is 0.105. The van der Waals surface area contributed by atoms with Gasteiger partial charge in [0.15, 0.2) is 0 Å². The summed E-state index contributed by atoms with van der Waals surface area (Å²) in [6.45, 7) is 0.110. The van der Waals surface area contributed by atoms with Gasteiger partial charge in [-0.15, -0.1) is 0 Å². The van der Waals surface area contributed by atoms with Crippen LogP contribution >= 0.6 is 15.9 Å². The van der Waals surface area contributed by atoms with E-state index in [1.165, 1.54) is 35.6 Å². The molecule has 0 spiro atoms. The molecule has 132 valence electrons. The van der Waals surface area contributed by atoms with Crippen LogP contribution in [0.3, 0.4) is 0 Å². The standard InChI is InChI=1S/C19H15BrN2O3S/c1-22(26(23,24)18-9-2-14(12-21)3-10-18)13-17-8-11-19(25-17)15-4-6-16(20)7-5-15/h2-11H,13H2,1H3. The van der Waals surface area contributed by atoms with Crippen LogP contribution in [0.1, 0.15) is 11.3 Å². The molecule has 0 bridgehead atoms. The molecule has 0 aliphatic carbocycles. The second-order valence-corrected chi connectivity index (χ2v) is 8.63. The number of hydrogen-bond acceptors (Lipinski definition) is 4. The maximum atomic E-state index is 12.6. The maximum Gasteiger partial charge on any atom is 0.243 e. The summed E-state index contributed by atoms with van der Waals surface area (Å²) in [6, 6.07) is 19.1. The smallest absolute Gasteiger partial charge is 0.243 e. The van der Waals surface area contributed by atoms with Gasteiger partial charge in [-0.1, -0.05) is 28.1 Å². The SMILES string of the molecule is CN(Cc1ccc(-c2ccc(Br)cc2)o1)S(=O)(=O)c1ccc(C#N)cc1. The summed E-state index contributed by atoms with van der Waals surface area (Å²) >= 11 is 3.39. The molecule has 0 aliphatic heterocycles. The van der Waals surface area contributed by atoms with Crippen molar-refractivity contribution in [3.8, 4) is 17.4 Å². The summed E-state index contributed by atoms with van der Waals surface area (Å²) < 4.78 is 33.3. The minimum atomic E-state index is -3.67. The van der Waals surface area contributed by atoms with Gasteiger partial charge in [0.25, 0.3) is 0 Å². The highest BCUT2D eigenvalue weighted by molar-refractivity contribution is 9.10. The van der Waals surface area contributed by atoms with Crippen molar-refractivity contribution in [2.45, 2.75) is 11.4 Å². The predicted molar refractivity (Wildman–Crippen MR) is 102 cm³/mol. The van der Waals surface area contributed by atoms with Crippen LogP contribution in [0.25, 0.3) is 11.3 Å². The number of halogens is 1. The molecule has 0 saturated carbocycles. The molecule has 0 radical (unpaired) electrons. The molecule has 26 heavy (non-hydrogen) atoms. The molecule has 3 rings (SSSR count). The van der Waals surface area contributed by atoms with E-state index in [1.54, 1.807) is 6.07 Å². The third kappa shape index (κ3) is 3.88. The fourth-order valence-corrected chi connectivity index (χ4v) is 3.82. The van der Waals surface area contributed by atoms with E-state index in [0.29, 0.717) is 17.1 Å². The molecule has 0 saturated heterocycles. The molecular weight excluding hydrogens is 416 g/mol. The summed E-state index contributed by atoms with van der Waals surface area (Å²) in [5.74, 6) is 1.22. The second kappa shape index (κ2) is 7.46. The van der Waals surface area contributed by atoms with E-state index in [4.69, 9.17) is 9.68 Å². The molecule has 2 aromatic carbocycles. The Morgan fingerprint density at radius 3 is 2.31 bits per heavy atom. The third-order valence-electron chi connectivity index (χ3n) is 3.86. The molecule has 0 N–H and O–H groups in total. The van der Waals surface area contributed by atoms with E-state index in [2.05, 4.69) is 15.9 Å². The summed E-state index contributed by atoms with van der Waals surface area (Å²) in [6.07, 6.45) is 0. The van der Waals surface area contributed by atoms with Gasteiger partial charge in [0.1, 0.15) is 11.5 Å². The van der Waals surface area contributed by atoms with Crippen molar-refractivity contribution in [1.29, 1.82) is 5.26 Å². The first-order chi connectivity index (χ1) is 12.4. The van der Waals surface area contributed by atoms with Gasteiger partial charge in [-0.3, -0.25) is 0 Å².